The molecule has 30 heavy (non-hydrogen) atoms. The highest BCUT2D eigenvalue weighted by atomic mass is 16.5. The summed E-state index contributed by atoms with van der Waals surface area (Å²) in [6, 6.07) is 16.0. The Kier molecular flexibility index (Phi) is 6.13. The third-order valence-corrected chi connectivity index (χ3v) is 6.39. The number of para-hydroxylation sites is 2. The van der Waals surface area contributed by atoms with Crippen LogP contribution in [0.5, 0.6) is 11.5 Å². The van der Waals surface area contributed by atoms with Crippen LogP contribution in [0.25, 0.3) is 0 Å². The van der Waals surface area contributed by atoms with Gasteiger partial charge in [0, 0.05) is 39.4 Å². The summed E-state index contributed by atoms with van der Waals surface area (Å²) in [5.74, 6) is 1.89. The maximum atomic E-state index is 13.8. The van der Waals surface area contributed by atoms with Gasteiger partial charge in [-0.05, 0) is 42.7 Å². The van der Waals surface area contributed by atoms with Crippen molar-refractivity contribution in [3.63, 3.8) is 0 Å². The molecule has 2 heterocycles. The zero-order valence-electron chi connectivity index (χ0n) is 17.8. The fourth-order valence-corrected chi connectivity index (χ4v) is 4.60. The quantitative estimate of drug-likeness (QED) is 0.758. The maximum Gasteiger partial charge on any atom is 0.233 e. The number of amides is 1. The molecule has 1 amide bonds. The fourth-order valence-electron chi connectivity index (χ4n) is 4.60. The second-order valence-corrected chi connectivity index (χ2v) is 7.87. The van der Waals surface area contributed by atoms with Crippen molar-refractivity contribution >= 4 is 11.6 Å². The molecule has 0 unspecified atom stereocenters. The zero-order valence-corrected chi connectivity index (χ0v) is 17.8. The lowest BCUT2D eigenvalue weighted by Crippen LogP contribution is -2.56. The number of carbonyl (C=O) groups is 1. The number of benzene rings is 2. The number of piperazine rings is 1. The van der Waals surface area contributed by atoms with Gasteiger partial charge < -0.3 is 24.0 Å². The van der Waals surface area contributed by atoms with E-state index in [-0.39, 0.29) is 5.91 Å². The first-order chi connectivity index (χ1) is 14.7. The topological polar surface area (TPSA) is 51.2 Å². The van der Waals surface area contributed by atoms with Gasteiger partial charge in [-0.25, -0.2) is 0 Å². The average Bonchev–Trinajstić information content (AvgIpc) is 2.84. The first-order valence-corrected chi connectivity index (χ1v) is 10.6. The zero-order chi connectivity index (χ0) is 21.0. The predicted molar refractivity (Wildman–Crippen MR) is 117 cm³/mol. The molecule has 0 spiro atoms. The molecule has 2 fully saturated rings. The van der Waals surface area contributed by atoms with E-state index in [4.69, 9.17) is 14.2 Å². The third kappa shape index (κ3) is 3.84. The second kappa shape index (κ2) is 8.96. The Morgan fingerprint density at radius 2 is 1.57 bits per heavy atom. The van der Waals surface area contributed by atoms with E-state index in [1.54, 1.807) is 14.2 Å². The fraction of sp³-hybridized carbons (Fsp3) is 0.458. The average molecular weight is 411 g/mol. The van der Waals surface area contributed by atoms with Gasteiger partial charge in [0.2, 0.25) is 5.91 Å². The molecular weight excluding hydrogens is 380 g/mol. The van der Waals surface area contributed by atoms with Crippen molar-refractivity contribution in [1.82, 2.24) is 4.90 Å². The number of anilines is 1. The summed E-state index contributed by atoms with van der Waals surface area (Å²) in [6.45, 7) is 4.21. The van der Waals surface area contributed by atoms with Gasteiger partial charge in [-0.15, -0.1) is 0 Å². The van der Waals surface area contributed by atoms with E-state index in [9.17, 15) is 4.79 Å². The summed E-state index contributed by atoms with van der Waals surface area (Å²) in [5.41, 5.74) is 1.63. The van der Waals surface area contributed by atoms with Crippen molar-refractivity contribution in [2.24, 2.45) is 0 Å². The Morgan fingerprint density at radius 3 is 2.20 bits per heavy atom. The number of nitrogens with zero attached hydrogens (tertiary/aromatic N) is 2. The number of ether oxygens (including phenoxy) is 3. The Hall–Kier alpha value is -2.73. The highest BCUT2D eigenvalue weighted by Gasteiger charge is 2.44. The monoisotopic (exact) mass is 410 g/mol. The molecule has 160 valence electrons. The molecule has 0 aromatic heterocycles. The van der Waals surface area contributed by atoms with Crippen LogP contribution in [0.4, 0.5) is 5.69 Å². The van der Waals surface area contributed by atoms with Crippen LogP contribution >= 0.6 is 0 Å². The van der Waals surface area contributed by atoms with Crippen LogP contribution in [-0.4, -0.2) is 64.4 Å². The molecule has 0 atom stereocenters. The molecule has 0 bridgehead atoms. The van der Waals surface area contributed by atoms with Crippen LogP contribution in [-0.2, 0) is 14.9 Å². The molecule has 0 N–H and O–H groups in total. The molecule has 2 saturated heterocycles. The Bertz CT molecular complexity index is 854. The summed E-state index contributed by atoms with van der Waals surface area (Å²) in [4.78, 5) is 18.1. The van der Waals surface area contributed by atoms with Gasteiger partial charge in [0.05, 0.1) is 25.3 Å². The van der Waals surface area contributed by atoms with Gasteiger partial charge in [0.1, 0.15) is 11.5 Å². The van der Waals surface area contributed by atoms with E-state index in [2.05, 4.69) is 11.0 Å². The lowest BCUT2D eigenvalue weighted by molar-refractivity contribution is -0.141. The number of rotatable bonds is 5. The summed E-state index contributed by atoms with van der Waals surface area (Å²) in [7, 11) is 3.36. The molecule has 0 aliphatic carbocycles. The van der Waals surface area contributed by atoms with E-state index >= 15 is 0 Å². The Labute approximate surface area is 178 Å². The van der Waals surface area contributed by atoms with E-state index in [0.29, 0.717) is 39.1 Å². The maximum absolute atomic E-state index is 13.8. The van der Waals surface area contributed by atoms with Crippen LogP contribution in [0, 0.1) is 0 Å². The molecule has 2 aromatic carbocycles. The van der Waals surface area contributed by atoms with E-state index < -0.39 is 5.41 Å². The van der Waals surface area contributed by atoms with Crippen molar-refractivity contribution in [1.29, 1.82) is 0 Å². The van der Waals surface area contributed by atoms with E-state index in [1.165, 1.54) is 0 Å². The highest BCUT2D eigenvalue weighted by molar-refractivity contribution is 5.88. The number of methoxy groups -OCH3 is 2. The van der Waals surface area contributed by atoms with Gasteiger partial charge in [0.15, 0.2) is 0 Å². The van der Waals surface area contributed by atoms with E-state index in [1.807, 2.05) is 47.4 Å². The summed E-state index contributed by atoms with van der Waals surface area (Å²) in [5, 5.41) is 0. The summed E-state index contributed by atoms with van der Waals surface area (Å²) >= 11 is 0. The van der Waals surface area contributed by atoms with Gasteiger partial charge in [-0.2, -0.15) is 0 Å². The lowest BCUT2D eigenvalue weighted by Gasteiger charge is -2.43. The van der Waals surface area contributed by atoms with Crippen molar-refractivity contribution in [3.05, 3.63) is 54.1 Å². The van der Waals surface area contributed by atoms with Crippen LogP contribution in [0.15, 0.2) is 48.5 Å². The molecule has 0 radical (unpaired) electrons. The summed E-state index contributed by atoms with van der Waals surface area (Å²) in [6.07, 6.45) is 1.43. The minimum absolute atomic E-state index is 0.218. The number of carbonyl (C=O) groups excluding carboxylic acids is 1. The predicted octanol–water partition coefficient (Wildman–Crippen LogP) is 3.10. The minimum atomic E-state index is -0.517. The molecule has 2 aliphatic heterocycles. The molecule has 6 nitrogen and oxygen atoms in total. The van der Waals surface area contributed by atoms with Gasteiger partial charge in [-0.1, -0.05) is 24.3 Å². The molecule has 0 saturated carbocycles. The number of hydrogen-bond acceptors (Lipinski definition) is 5. The Balaban J connectivity index is 1.52. The Morgan fingerprint density at radius 1 is 0.900 bits per heavy atom. The first-order valence-electron chi connectivity index (χ1n) is 10.6. The highest BCUT2D eigenvalue weighted by Crippen LogP contribution is 2.38. The van der Waals surface area contributed by atoms with Crippen LogP contribution in [0.3, 0.4) is 0 Å². The molecule has 4 rings (SSSR count). The molecular formula is C24H30N2O4. The van der Waals surface area contributed by atoms with Crippen molar-refractivity contribution in [2.45, 2.75) is 18.3 Å². The molecule has 6 heteroatoms. The summed E-state index contributed by atoms with van der Waals surface area (Å²) < 4.78 is 16.4. The standard InChI is InChI=1S/C24H30N2O4/c1-28-20-9-7-19(8-10-20)24(11-17-30-18-12-24)23(27)26-15-13-25(14-16-26)21-5-3-4-6-22(21)29-2/h3-10H,11-18H2,1-2H3. The van der Waals surface area contributed by atoms with Crippen molar-refractivity contribution < 1.29 is 19.0 Å². The second-order valence-electron chi connectivity index (χ2n) is 7.87. The first kappa shape index (κ1) is 20.5. The molecule has 2 aromatic rings. The van der Waals surface area contributed by atoms with E-state index in [0.717, 1.165) is 35.8 Å². The van der Waals surface area contributed by atoms with Crippen LogP contribution in [0.2, 0.25) is 0 Å². The number of hydrogen-bond donors (Lipinski definition) is 0. The SMILES string of the molecule is COc1ccc(C2(C(=O)N3CCN(c4ccccc4OC)CC3)CCOCC2)cc1. The van der Waals surface area contributed by atoms with Gasteiger partial charge >= 0.3 is 0 Å². The largest absolute Gasteiger partial charge is 0.497 e. The third-order valence-electron chi connectivity index (χ3n) is 6.39. The van der Waals surface area contributed by atoms with Crippen molar-refractivity contribution in [3.8, 4) is 11.5 Å². The van der Waals surface area contributed by atoms with Gasteiger partial charge in [-0.3, -0.25) is 4.79 Å². The van der Waals surface area contributed by atoms with Crippen molar-refractivity contribution in [2.75, 3.05) is 58.5 Å². The molecule has 2 aliphatic rings. The normalized spacial score (nSPS) is 18.7. The van der Waals surface area contributed by atoms with Crippen LogP contribution in [0.1, 0.15) is 18.4 Å². The lowest BCUT2D eigenvalue weighted by atomic mass is 9.73. The smallest absolute Gasteiger partial charge is 0.233 e. The minimum Gasteiger partial charge on any atom is -0.497 e. The van der Waals surface area contributed by atoms with Gasteiger partial charge in [0.25, 0.3) is 0 Å². The van der Waals surface area contributed by atoms with Crippen LogP contribution < -0.4 is 14.4 Å².